The molecule has 4 nitrogen and oxygen atoms in total. The first-order chi connectivity index (χ1) is 12.1. The fourth-order valence-corrected chi connectivity index (χ4v) is 3.20. The summed E-state index contributed by atoms with van der Waals surface area (Å²) in [5.41, 5.74) is 0.674. The van der Waals surface area contributed by atoms with E-state index in [0.717, 1.165) is 29.6 Å². The molecule has 2 aromatic carbocycles. The van der Waals surface area contributed by atoms with Crippen LogP contribution in [0.15, 0.2) is 60.9 Å². The number of carbonyl (C=O) groups excluding carboxylic acids is 1. The fraction of sp³-hybridized carbons (Fsp3) is 0.158. The molecule has 0 saturated carbocycles. The van der Waals surface area contributed by atoms with E-state index in [9.17, 15) is 13.6 Å². The van der Waals surface area contributed by atoms with E-state index in [1.165, 1.54) is 0 Å². The summed E-state index contributed by atoms with van der Waals surface area (Å²) in [6.07, 6.45) is 3.53. The van der Waals surface area contributed by atoms with Gasteiger partial charge in [-0.3, -0.25) is 4.79 Å². The highest BCUT2D eigenvalue weighted by Gasteiger charge is 2.33. The molecule has 0 aliphatic carbocycles. The number of carbonyl (C=O) groups is 1. The molecule has 1 aliphatic heterocycles. The van der Waals surface area contributed by atoms with Crippen LogP contribution in [0, 0.1) is 11.6 Å². The normalized spacial score (nSPS) is 16.6. The molecular formula is C19H15F2N3O. The molecule has 0 radical (unpaired) electrons. The third-order valence-corrected chi connectivity index (χ3v) is 4.46. The molecule has 2 heterocycles. The molecule has 1 aromatic heterocycles. The number of rotatable bonds is 2. The minimum atomic E-state index is -0.730. The molecule has 0 fully saturated rings. The molecule has 126 valence electrons. The lowest BCUT2D eigenvalue weighted by molar-refractivity contribution is 0.0579. The summed E-state index contributed by atoms with van der Waals surface area (Å²) >= 11 is 0. The Bertz CT molecular complexity index is 923. The Morgan fingerprint density at radius 1 is 1.12 bits per heavy atom. The lowest BCUT2D eigenvalue weighted by Gasteiger charge is -2.36. The second kappa shape index (κ2) is 6.12. The second-order valence-corrected chi connectivity index (χ2v) is 5.98. The average Bonchev–Trinajstić information content (AvgIpc) is 3.10. The van der Waals surface area contributed by atoms with Crippen LogP contribution in [0.2, 0.25) is 0 Å². The standard InChI is InChI=1S/C19H15F2N3O/c20-14-6-7-16(21)15(10-14)19(25)24-12-18-22-8-9-23(18)11-17(24)13-4-2-1-3-5-13/h1-10,17H,11-12H2. The van der Waals surface area contributed by atoms with Crippen molar-refractivity contribution in [1.29, 1.82) is 0 Å². The van der Waals surface area contributed by atoms with E-state index < -0.39 is 17.5 Å². The fourth-order valence-electron chi connectivity index (χ4n) is 3.20. The van der Waals surface area contributed by atoms with Crippen molar-refractivity contribution in [3.63, 3.8) is 0 Å². The summed E-state index contributed by atoms with van der Waals surface area (Å²) in [7, 11) is 0. The van der Waals surface area contributed by atoms with E-state index in [2.05, 4.69) is 4.98 Å². The predicted molar refractivity (Wildman–Crippen MR) is 87.6 cm³/mol. The van der Waals surface area contributed by atoms with E-state index in [1.54, 1.807) is 11.1 Å². The highest BCUT2D eigenvalue weighted by Crippen LogP contribution is 2.31. The number of halogens is 2. The quantitative estimate of drug-likeness (QED) is 0.716. The van der Waals surface area contributed by atoms with Gasteiger partial charge in [-0.15, -0.1) is 0 Å². The molecule has 0 N–H and O–H groups in total. The van der Waals surface area contributed by atoms with Gasteiger partial charge in [0.25, 0.3) is 5.91 Å². The van der Waals surface area contributed by atoms with E-state index in [0.29, 0.717) is 6.54 Å². The number of nitrogens with zero attached hydrogens (tertiary/aromatic N) is 3. The van der Waals surface area contributed by atoms with Crippen molar-refractivity contribution in [2.75, 3.05) is 0 Å². The molecule has 1 atom stereocenters. The maximum Gasteiger partial charge on any atom is 0.257 e. The zero-order chi connectivity index (χ0) is 17.4. The van der Waals surface area contributed by atoms with Crippen LogP contribution >= 0.6 is 0 Å². The largest absolute Gasteiger partial charge is 0.331 e. The number of fused-ring (bicyclic) bond motifs is 1. The predicted octanol–water partition coefficient (Wildman–Crippen LogP) is 3.56. The van der Waals surface area contributed by atoms with Crippen molar-refractivity contribution < 1.29 is 13.6 Å². The number of hydrogen-bond donors (Lipinski definition) is 0. The van der Waals surface area contributed by atoms with Gasteiger partial charge >= 0.3 is 0 Å². The minimum Gasteiger partial charge on any atom is -0.331 e. The molecule has 3 aromatic rings. The van der Waals surface area contributed by atoms with Crippen LogP contribution < -0.4 is 0 Å². The zero-order valence-electron chi connectivity index (χ0n) is 13.3. The number of aromatic nitrogens is 2. The first-order valence-corrected chi connectivity index (χ1v) is 7.94. The molecule has 0 saturated heterocycles. The molecule has 6 heteroatoms. The van der Waals surface area contributed by atoms with Gasteiger partial charge in [-0.1, -0.05) is 30.3 Å². The van der Waals surface area contributed by atoms with Gasteiger partial charge in [0.15, 0.2) is 0 Å². The maximum atomic E-state index is 14.1. The third-order valence-electron chi connectivity index (χ3n) is 4.46. The summed E-state index contributed by atoms with van der Waals surface area (Å²) in [6, 6.07) is 12.2. The highest BCUT2D eigenvalue weighted by atomic mass is 19.1. The molecule has 25 heavy (non-hydrogen) atoms. The molecule has 1 unspecified atom stereocenters. The monoisotopic (exact) mass is 339 g/mol. The molecule has 0 bridgehead atoms. The van der Waals surface area contributed by atoms with E-state index in [-0.39, 0.29) is 18.2 Å². The van der Waals surface area contributed by atoms with Crippen LogP contribution in [0.3, 0.4) is 0 Å². The van der Waals surface area contributed by atoms with Gasteiger partial charge < -0.3 is 9.47 Å². The summed E-state index contributed by atoms with van der Waals surface area (Å²) in [4.78, 5) is 18.8. The van der Waals surface area contributed by atoms with Gasteiger partial charge in [-0.2, -0.15) is 0 Å². The summed E-state index contributed by atoms with van der Waals surface area (Å²) < 4.78 is 29.6. The Kier molecular flexibility index (Phi) is 3.80. The van der Waals surface area contributed by atoms with Gasteiger partial charge in [0.05, 0.1) is 18.2 Å². The van der Waals surface area contributed by atoms with Crippen LogP contribution in [0.25, 0.3) is 0 Å². The molecular weight excluding hydrogens is 324 g/mol. The van der Waals surface area contributed by atoms with Crippen LogP contribution in [0.5, 0.6) is 0 Å². The smallest absolute Gasteiger partial charge is 0.257 e. The molecule has 1 aliphatic rings. The Balaban J connectivity index is 1.77. The topological polar surface area (TPSA) is 38.1 Å². The third kappa shape index (κ3) is 2.80. The number of imidazole rings is 1. The van der Waals surface area contributed by atoms with Gasteiger partial charge in [-0.25, -0.2) is 13.8 Å². The van der Waals surface area contributed by atoms with Gasteiger partial charge in [0, 0.05) is 18.9 Å². The highest BCUT2D eigenvalue weighted by molar-refractivity contribution is 5.94. The Morgan fingerprint density at radius 2 is 1.92 bits per heavy atom. The maximum absolute atomic E-state index is 14.1. The summed E-state index contributed by atoms with van der Waals surface area (Å²) in [5, 5.41) is 0. The van der Waals surface area contributed by atoms with Gasteiger partial charge in [0.1, 0.15) is 17.5 Å². The average molecular weight is 339 g/mol. The Morgan fingerprint density at radius 3 is 2.72 bits per heavy atom. The summed E-state index contributed by atoms with van der Waals surface area (Å²) in [5.74, 6) is -1.19. The van der Waals surface area contributed by atoms with Crippen LogP contribution in [0.1, 0.15) is 27.8 Å². The van der Waals surface area contributed by atoms with Gasteiger partial charge in [-0.05, 0) is 23.8 Å². The number of hydrogen-bond acceptors (Lipinski definition) is 2. The van der Waals surface area contributed by atoms with Crippen LogP contribution in [0.4, 0.5) is 8.78 Å². The van der Waals surface area contributed by atoms with Crippen molar-refractivity contribution >= 4 is 5.91 Å². The first-order valence-electron chi connectivity index (χ1n) is 7.94. The number of amides is 1. The van der Waals surface area contributed by atoms with Crippen LogP contribution in [-0.2, 0) is 13.1 Å². The lowest BCUT2D eigenvalue weighted by Crippen LogP contribution is -2.41. The van der Waals surface area contributed by atoms with Crippen molar-refractivity contribution in [3.05, 3.63) is 89.5 Å². The van der Waals surface area contributed by atoms with Crippen LogP contribution in [-0.4, -0.2) is 20.4 Å². The van der Waals surface area contributed by atoms with Crippen molar-refractivity contribution in [2.45, 2.75) is 19.1 Å². The Hall–Kier alpha value is -3.02. The first kappa shape index (κ1) is 15.5. The molecule has 1 amide bonds. The molecule has 4 rings (SSSR count). The van der Waals surface area contributed by atoms with E-state index >= 15 is 0 Å². The van der Waals surface area contributed by atoms with E-state index in [4.69, 9.17) is 0 Å². The Labute approximate surface area is 143 Å². The van der Waals surface area contributed by atoms with Crippen molar-refractivity contribution in [1.82, 2.24) is 14.5 Å². The van der Waals surface area contributed by atoms with Crippen molar-refractivity contribution in [3.8, 4) is 0 Å². The van der Waals surface area contributed by atoms with Crippen molar-refractivity contribution in [2.24, 2.45) is 0 Å². The SMILES string of the molecule is O=C(c1cc(F)ccc1F)N1Cc2nccn2CC1c1ccccc1. The second-order valence-electron chi connectivity index (χ2n) is 5.98. The lowest BCUT2D eigenvalue weighted by atomic mass is 10.0. The van der Waals surface area contributed by atoms with Gasteiger partial charge in [0.2, 0.25) is 0 Å². The van der Waals surface area contributed by atoms with E-state index in [1.807, 2.05) is 41.1 Å². The molecule has 0 spiro atoms. The zero-order valence-corrected chi connectivity index (χ0v) is 13.3. The summed E-state index contributed by atoms with van der Waals surface area (Å²) in [6.45, 7) is 0.753. The minimum absolute atomic E-state index is 0.237. The number of benzene rings is 2.